The highest BCUT2D eigenvalue weighted by molar-refractivity contribution is 5.74. The first-order chi connectivity index (χ1) is 7.47. The number of aromatic nitrogens is 2. The van der Waals surface area contributed by atoms with Gasteiger partial charge in [0.05, 0.1) is 0 Å². The van der Waals surface area contributed by atoms with Crippen molar-refractivity contribution in [3.8, 4) is 0 Å². The van der Waals surface area contributed by atoms with Crippen LogP contribution >= 0.6 is 0 Å². The maximum atomic E-state index is 11.4. The molecule has 2 N–H and O–H groups in total. The number of nitrogens with zero attached hydrogens (tertiary/aromatic N) is 2. The molecular formula is C11H18N4O. The molecule has 0 aliphatic heterocycles. The number of carbonyl (C=O) groups is 1. The molecule has 0 fully saturated rings. The maximum absolute atomic E-state index is 11.4. The van der Waals surface area contributed by atoms with Gasteiger partial charge in [0.15, 0.2) is 0 Å². The fraction of sp³-hybridized carbons (Fsp3) is 0.545. The van der Waals surface area contributed by atoms with Gasteiger partial charge in [0.2, 0.25) is 0 Å². The molecular weight excluding hydrogens is 204 g/mol. The third-order valence-electron chi connectivity index (χ3n) is 1.80. The van der Waals surface area contributed by atoms with E-state index in [9.17, 15) is 4.79 Å². The van der Waals surface area contributed by atoms with E-state index >= 15 is 0 Å². The van der Waals surface area contributed by atoms with Crippen LogP contribution in [0.3, 0.4) is 0 Å². The van der Waals surface area contributed by atoms with E-state index in [0.717, 1.165) is 12.0 Å². The van der Waals surface area contributed by atoms with Crippen molar-refractivity contribution in [2.75, 3.05) is 6.54 Å². The zero-order valence-electron chi connectivity index (χ0n) is 9.95. The summed E-state index contributed by atoms with van der Waals surface area (Å²) in [5.74, 6) is 0. The zero-order valence-corrected chi connectivity index (χ0v) is 9.95. The highest BCUT2D eigenvalue weighted by Gasteiger charge is 2.12. The summed E-state index contributed by atoms with van der Waals surface area (Å²) in [6.45, 7) is 6.40. The molecule has 88 valence electrons. The molecule has 0 aromatic carbocycles. The van der Waals surface area contributed by atoms with E-state index in [0.29, 0.717) is 6.54 Å². The molecule has 1 rings (SSSR count). The van der Waals surface area contributed by atoms with Gasteiger partial charge in [-0.15, -0.1) is 0 Å². The second kappa shape index (κ2) is 5.44. The first-order valence-electron chi connectivity index (χ1n) is 5.27. The SMILES string of the molecule is CC(C)(C)NC(=O)NCCc1cncnc1. The van der Waals surface area contributed by atoms with E-state index in [4.69, 9.17) is 0 Å². The average Bonchev–Trinajstić information content (AvgIpc) is 2.16. The van der Waals surface area contributed by atoms with Gasteiger partial charge in [-0.25, -0.2) is 14.8 Å². The molecule has 0 aliphatic rings. The summed E-state index contributed by atoms with van der Waals surface area (Å²) in [6.07, 6.45) is 5.72. The van der Waals surface area contributed by atoms with Crippen molar-refractivity contribution < 1.29 is 4.79 Å². The minimum absolute atomic E-state index is 0.149. The number of nitrogens with one attached hydrogen (secondary N) is 2. The van der Waals surface area contributed by atoms with Crippen LogP contribution in [0.15, 0.2) is 18.7 Å². The van der Waals surface area contributed by atoms with Crippen LogP contribution < -0.4 is 10.6 Å². The van der Waals surface area contributed by atoms with E-state index in [-0.39, 0.29) is 11.6 Å². The minimum atomic E-state index is -0.208. The summed E-state index contributed by atoms with van der Waals surface area (Å²) in [5, 5.41) is 5.61. The van der Waals surface area contributed by atoms with Crippen LogP contribution in [-0.4, -0.2) is 28.1 Å². The smallest absolute Gasteiger partial charge is 0.315 e. The Morgan fingerprint density at radius 1 is 1.31 bits per heavy atom. The predicted octanol–water partition coefficient (Wildman–Crippen LogP) is 1.12. The topological polar surface area (TPSA) is 66.9 Å². The van der Waals surface area contributed by atoms with Crippen LogP contribution in [-0.2, 0) is 6.42 Å². The molecule has 0 spiro atoms. The van der Waals surface area contributed by atoms with Crippen molar-refractivity contribution in [1.29, 1.82) is 0 Å². The van der Waals surface area contributed by atoms with E-state index in [2.05, 4.69) is 20.6 Å². The third kappa shape index (κ3) is 5.29. The molecule has 5 heteroatoms. The molecule has 0 saturated heterocycles. The summed E-state index contributed by atoms with van der Waals surface area (Å²) in [7, 11) is 0. The van der Waals surface area contributed by atoms with Gasteiger partial charge in [0.25, 0.3) is 0 Å². The zero-order chi connectivity index (χ0) is 12.0. The number of hydrogen-bond donors (Lipinski definition) is 2. The van der Waals surface area contributed by atoms with Crippen molar-refractivity contribution in [1.82, 2.24) is 20.6 Å². The molecule has 1 heterocycles. The fourth-order valence-corrected chi connectivity index (χ4v) is 1.16. The molecule has 5 nitrogen and oxygen atoms in total. The number of amides is 2. The van der Waals surface area contributed by atoms with Crippen LogP contribution in [0.2, 0.25) is 0 Å². The minimum Gasteiger partial charge on any atom is -0.338 e. The molecule has 0 unspecified atom stereocenters. The Bertz CT molecular complexity index is 332. The molecule has 2 amide bonds. The standard InChI is InChI=1S/C11H18N4O/c1-11(2,3)15-10(16)14-5-4-9-6-12-8-13-7-9/h6-8H,4-5H2,1-3H3,(H2,14,15,16). The lowest BCUT2D eigenvalue weighted by molar-refractivity contribution is 0.232. The summed E-state index contributed by atoms with van der Waals surface area (Å²) in [4.78, 5) is 19.2. The summed E-state index contributed by atoms with van der Waals surface area (Å²) >= 11 is 0. The Morgan fingerprint density at radius 3 is 2.50 bits per heavy atom. The average molecular weight is 222 g/mol. The molecule has 0 radical (unpaired) electrons. The Kier molecular flexibility index (Phi) is 4.22. The Balaban J connectivity index is 2.24. The van der Waals surface area contributed by atoms with Crippen molar-refractivity contribution in [2.45, 2.75) is 32.7 Å². The van der Waals surface area contributed by atoms with E-state index in [1.165, 1.54) is 6.33 Å². The monoisotopic (exact) mass is 222 g/mol. The summed E-state index contributed by atoms with van der Waals surface area (Å²) in [6, 6.07) is -0.149. The number of carbonyl (C=O) groups excluding carboxylic acids is 1. The maximum Gasteiger partial charge on any atom is 0.315 e. The van der Waals surface area contributed by atoms with Crippen LogP contribution in [0.25, 0.3) is 0 Å². The Morgan fingerprint density at radius 2 is 1.94 bits per heavy atom. The number of rotatable bonds is 3. The first-order valence-corrected chi connectivity index (χ1v) is 5.27. The van der Waals surface area contributed by atoms with Crippen LogP contribution in [0.4, 0.5) is 4.79 Å². The van der Waals surface area contributed by atoms with E-state index in [1.54, 1.807) is 12.4 Å². The summed E-state index contributed by atoms with van der Waals surface area (Å²) < 4.78 is 0. The Labute approximate surface area is 95.7 Å². The van der Waals surface area contributed by atoms with Gasteiger partial charge in [-0.1, -0.05) is 0 Å². The van der Waals surface area contributed by atoms with Gasteiger partial charge in [-0.2, -0.15) is 0 Å². The normalized spacial score (nSPS) is 10.9. The molecule has 0 saturated carbocycles. The highest BCUT2D eigenvalue weighted by Crippen LogP contribution is 1.97. The van der Waals surface area contributed by atoms with Crippen LogP contribution in [0.1, 0.15) is 26.3 Å². The number of urea groups is 1. The predicted molar refractivity (Wildman–Crippen MR) is 62.0 cm³/mol. The molecule has 0 aliphatic carbocycles. The molecule has 1 aromatic rings. The van der Waals surface area contributed by atoms with Crippen molar-refractivity contribution in [3.05, 3.63) is 24.3 Å². The highest BCUT2D eigenvalue weighted by atomic mass is 16.2. The number of hydrogen-bond acceptors (Lipinski definition) is 3. The van der Waals surface area contributed by atoms with Crippen LogP contribution in [0, 0.1) is 0 Å². The van der Waals surface area contributed by atoms with E-state index < -0.39 is 0 Å². The van der Waals surface area contributed by atoms with E-state index in [1.807, 2.05) is 20.8 Å². The van der Waals surface area contributed by atoms with Crippen molar-refractivity contribution in [3.63, 3.8) is 0 Å². The lowest BCUT2D eigenvalue weighted by Crippen LogP contribution is -2.46. The van der Waals surface area contributed by atoms with Gasteiger partial charge in [0.1, 0.15) is 6.33 Å². The lowest BCUT2D eigenvalue weighted by atomic mass is 10.1. The largest absolute Gasteiger partial charge is 0.338 e. The Hall–Kier alpha value is -1.65. The van der Waals surface area contributed by atoms with Gasteiger partial charge < -0.3 is 10.6 Å². The second-order valence-electron chi connectivity index (χ2n) is 4.63. The molecule has 0 atom stereocenters. The second-order valence-corrected chi connectivity index (χ2v) is 4.63. The molecule has 1 aromatic heterocycles. The third-order valence-corrected chi connectivity index (χ3v) is 1.80. The van der Waals surface area contributed by atoms with Crippen molar-refractivity contribution >= 4 is 6.03 Å². The van der Waals surface area contributed by atoms with Gasteiger partial charge in [-0.3, -0.25) is 0 Å². The van der Waals surface area contributed by atoms with Gasteiger partial charge in [0, 0.05) is 24.5 Å². The van der Waals surface area contributed by atoms with Gasteiger partial charge >= 0.3 is 6.03 Å². The quantitative estimate of drug-likeness (QED) is 0.805. The van der Waals surface area contributed by atoms with Crippen molar-refractivity contribution in [2.24, 2.45) is 0 Å². The first kappa shape index (κ1) is 12.4. The molecule has 16 heavy (non-hydrogen) atoms. The molecule has 0 bridgehead atoms. The fourth-order valence-electron chi connectivity index (χ4n) is 1.16. The lowest BCUT2D eigenvalue weighted by Gasteiger charge is -2.20. The summed E-state index contributed by atoms with van der Waals surface area (Å²) in [5.41, 5.74) is 0.804. The van der Waals surface area contributed by atoms with Crippen LogP contribution in [0.5, 0.6) is 0 Å². The van der Waals surface area contributed by atoms with Gasteiger partial charge in [-0.05, 0) is 32.8 Å².